The number of aromatic nitrogens is 2. The highest BCUT2D eigenvalue weighted by Gasteiger charge is 2.27. The lowest BCUT2D eigenvalue weighted by Gasteiger charge is -2.23. The molecule has 1 aromatic heterocycles. The Bertz CT molecular complexity index is 894. The minimum absolute atomic E-state index is 0.363. The van der Waals surface area contributed by atoms with Gasteiger partial charge in [0.15, 0.2) is 0 Å². The third-order valence-electron chi connectivity index (χ3n) is 4.83. The van der Waals surface area contributed by atoms with E-state index in [0.29, 0.717) is 35.9 Å². The highest BCUT2D eigenvalue weighted by molar-refractivity contribution is 6.30. The number of nitrogens with zero attached hydrogens (tertiary/aromatic N) is 3. The number of ether oxygens (including phenoxy) is 1. The fourth-order valence-corrected chi connectivity index (χ4v) is 3.77. The highest BCUT2D eigenvalue weighted by Crippen LogP contribution is 2.34. The summed E-state index contributed by atoms with van der Waals surface area (Å²) in [5, 5.41) is 4.77. The zero-order valence-corrected chi connectivity index (χ0v) is 16.0. The van der Waals surface area contributed by atoms with Crippen molar-refractivity contribution >= 4 is 11.6 Å². The van der Waals surface area contributed by atoms with Gasteiger partial charge in [0.05, 0.1) is 13.2 Å². The van der Waals surface area contributed by atoms with Crippen LogP contribution < -0.4 is 4.74 Å². The third kappa shape index (κ3) is 4.15. The molecule has 27 heavy (non-hydrogen) atoms. The van der Waals surface area contributed by atoms with Crippen LogP contribution in [0.4, 0.5) is 0 Å². The molecule has 0 spiro atoms. The van der Waals surface area contributed by atoms with Crippen molar-refractivity contribution in [2.75, 3.05) is 13.2 Å². The van der Waals surface area contributed by atoms with Gasteiger partial charge in [-0.2, -0.15) is 4.98 Å². The molecule has 0 unspecified atom stereocenters. The predicted molar refractivity (Wildman–Crippen MR) is 105 cm³/mol. The Labute approximate surface area is 163 Å². The lowest BCUT2D eigenvalue weighted by molar-refractivity contribution is 0.212. The van der Waals surface area contributed by atoms with Crippen LogP contribution in [0.25, 0.3) is 11.4 Å². The standard InChI is InChI=1S/C21H22ClN3O2/c1-2-26-18-10-8-15(9-11-18)19-7-4-12-25(19)14-20-23-21(24-27-20)16-5-3-6-17(22)13-16/h3,5-6,8-11,13,19H,2,4,7,12,14H2,1H3/t19-/m0/s1. The van der Waals surface area contributed by atoms with Crippen LogP contribution in [0, 0.1) is 0 Å². The van der Waals surface area contributed by atoms with Gasteiger partial charge in [-0.05, 0) is 56.1 Å². The van der Waals surface area contributed by atoms with Crippen molar-refractivity contribution in [2.24, 2.45) is 0 Å². The second kappa shape index (κ2) is 8.11. The molecule has 1 aliphatic rings. The summed E-state index contributed by atoms with van der Waals surface area (Å²) in [5.74, 6) is 2.11. The molecule has 2 heterocycles. The molecule has 140 valence electrons. The van der Waals surface area contributed by atoms with Crippen molar-refractivity contribution in [1.29, 1.82) is 0 Å². The van der Waals surface area contributed by atoms with E-state index in [9.17, 15) is 0 Å². The molecular formula is C21H22ClN3O2. The van der Waals surface area contributed by atoms with E-state index in [-0.39, 0.29) is 0 Å². The fourth-order valence-electron chi connectivity index (χ4n) is 3.58. The maximum Gasteiger partial charge on any atom is 0.241 e. The van der Waals surface area contributed by atoms with Gasteiger partial charge >= 0.3 is 0 Å². The molecular weight excluding hydrogens is 362 g/mol. The third-order valence-corrected chi connectivity index (χ3v) is 5.06. The Morgan fingerprint density at radius 3 is 2.85 bits per heavy atom. The first-order valence-corrected chi connectivity index (χ1v) is 9.66. The second-order valence-electron chi connectivity index (χ2n) is 6.65. The SMILES string of the molecule is CCOc1ccc([C@@H]2CCCN2Cc2nc(-c3cccc(Cl)c3)no2)cc1. The first-order chi connectivity index (χ1) is 13.2. The van der Waals surface area contributed by atoms with Gasteiger partial charge in [-0.15, -0.1) is 0 Å². The van der Waals surface area contributed by atoms with Crippen molar-refractivity contribution in [3.8, 4) is 17.1 Å². The Kier molecular flexibility index (Phi) is 5.41. The van der Waals surface area contributed by atoms with Gasteiger partial charge in [-0.1, -0.05) is 41.0 Å². The lowest BCUT2D eigenvalue weighted by atomic mass is 10.0. The first-order valence-electron chi connectivity index (χ1n) is 9.28. The molecule has 1 aliphatic heterocycles. The van der Waals surface area contributed by atoms with E-state index in [1.807, 2.05) is 43.3 Å². The maximum absolute atomic E-state index is 6.05. The second-order valence-corrected chi connectivity index (χ2v) is 7.09. The Balaban J connectivity index is 1.47. The molecule has 0 radical (unpaired) electrons. The van der Waals surface area contributed by atoms with Crippen LogP contribution in [0.1, 0.15) is 37.3 Å². The zero-order valence-electron chi connectivity index (χ0n) is 15.3. The van der Waals surface area contributed by atoms with E-state index < -0.39 is 0 Å². The van der Waals surface area contributed by atoms with Gasteiger partial charge in [-0.3, -0.25) is 4.90 Å². The van der Waals surface area contributed by atoms with Crippen molar-refractivity contribution in [3.05, 3.63) is 65.0 Å². The van der Waals surface area contributed by atoms with E-state index in [4.69, 9.17) is 20.9 Å². The summed E-state index contributed by atoms with van der Waals surface area (Å²) in [6.07, 6.45) is 2.29. The predicted octanol–water partition coefficient (Wildman–Crippen LogP) is 5.13. The number of likely N-dealkylation sites (tertiary alicyclic amines) is 1. The first kappa shape index (κ1) is 18.0. The minimum Gasteiger partial charge on any atom is -0.494 e. The molecule has 3 aromatic rings. The summed E-state index contributed by atoms with van der Waals surface area (Å²) in [7, 11) is 0. The van der Waals surface area contributed by atoms with Crippen LogP contribution in [-0.2, 0) is 6.54 Å². The van der Waals surface area contributed by atoms with Crippen molar-refractivity contribution in [1.82, 2.24) is 15.0 Å². The van der Waals surface area contributed by atoms with Crippen molar-refractivity contribution in [2.45, 2.75) is 32.4 Å². The smallest absolute Gasteiger partial charge is 0.241 e. The quantitative estimate of drug-likeness (QED) is 0.590. The summed E-state index contributed by atoms with van der Waals surface area (Å²) >= 11 is 6.05. The van der Waals surface area contributed by atoms with Crippen molar-refractivity contribution in [3.63, 3.8) is 0 Å². The number of halogens is 1. The average Bonchev–Trinajstić information content (AvgIpc) is 3.33. The Hall–Kier alpha value is -2.37. The number of hydrogen-bond donors (Lipinski definition) is 0. The molecule has 5 nitrogen and oxygen atoms in total. The van der Waals surface area contributed by atoms with E-state index in [1.165, 1.54) is 5.56 Å². The monoisotopic (exact) mass is 383 g/mol. The molecule has 0 bridgehead atoms. The number of benzene rings is 2. The van der Waals surface area contributed by atoms with Gasteiger partial charge in [0.1, 0.15) is 5.75 Å². The van der Waals surface area contributed by atoms with Gasteiger partial charge in [0.25, 0.3) is 0 Å². The average molecular weight is 384 g/mol. The molecule has 0 N–H and O–H groups in total. The largest absolute Gasteiger partial charge is 0.494 e. The van der Waals surface area contributed by atoms with Crippen LogP contribution in [0.15, 0.2) is 53.1 Å². The van der Waals surface area contributed by atoms with Gasteiger partial charge in [0, 0.05) is 16.6 Å². The normalized spacial score (nSPS) is 17.3. The molecule has 6 heteroatoms. The fraction of sp³-hybridized carbons (Fsp3) is 0.333. The summed E-state index contributed by atoms with van der Waals surface area (Å²) in [6.45, 7) is 4.34. The van der Waals surface area contributed by atoms with Crippen LogP contribution in [0.5, 0.6) is 5.75 Å². The molecule has 1 atom stereocenters. The van der Waals surface area contributed by atoms with Crippen LogP contribution in [0.3, 0.4) is 0 Å². The molecule has 0 saturated carbocycles. The van der Waals surface area contributed by atoms with Crippen LogP contribution in [0.2, 0.25) is 5.02 Å². The maximum atomic E-state index is 6.05. The molecule has 0 amide bonds. The van der Waals surface area contributed by atoms with Crippen LogP contribution >= 0.6 is 11.6 Å². The van der Waals surface area contributed by atoms with Crippen LogP contribution in [-0.4, -0.2) is 28.2 Å². The van der Waals surface area contributed by atoms with E-state index in [2.05, 4.69) is 27.2 Å². The topological polar surface area (TPSA) is 51.4 Å². The number of hydrogen-bond acceptors (Lipinski definition) is 5. The minimum atomic E-state index is 0.363. The molecule has 1 saturated heterocycles. The van der Waals surface area contributed by atoms with Gasteiger partial charge < -0.3 is 9.26 Å². The van der Waals surface area contributed by atoms with Gasteiger partial charge in [-0.25, -0.2) is 0 Å². The lowest BCUT2D eigenvalue weighted by Crippen LogP contribution is -2.22. The number of rotatable bonds is 6. The summed E-state index contributed by atoms with van der Waals surface area (Å²) in [6, 6.07) is 16.2. The molecule has 0 aliphatic carbocycles. The molecule has 2 aromatic carbocycles. The summed E-state index contributed by atoms with van der Waals surface area (Å²) < 4.78 is 11.0. The van der Waals surface area contributed by atoms with Gasteiger partial charge in [0.2, 0.25) is 11.7 Å². The summed E-state index contributed by atoms with van der Waals surface area (Å²) in [5.41, 5.74) is 2.16. The van der Waals surface area contributed by atoms with Crippen molar-refractivity contribution < 1.29 is 9.26 Å². The van der Waals surface area contributed by atoms with E-state index in [0.717, 1.165) is 30.7 Å². The zero-order chi connectivity index (χ0) is 18.6. The molecule has 1 fully saturated rings. The highest BCUT2D eigenvalue weighted by atomic mass is 35.5. The Morgan fingerprint density at radius 2 is 2.07 bits per heavy atom. The Morgan fingerprint density at radius 1 is 1.22 bits per heavy atom. The van der Waals surface area contributed by atoms with E-state index in [1.54, 1.807) is 0 Å². The molecule has 4 rings (SSSR count). The van der Waals surface area contributed by atoms with E-state index >= 15 is 0 Å². The summed E-state index contributed by atoms with van der Waals surface area (Å²) in [4.78, 5) is 6.95.